The Bertz CT molecular complexity index is 217. The van der Waals surface area contributed by atoms with Crippen molar-refractivity contribution in [2.24, 2.45) is 0 Å². The third-order valence-electron chi connectivity index (χ3n) is 2.29. The zero-order chi connectivity index (χ0) is 9.84. The van der Waals surface area contributed by atoms with E-state index >= 15 is 0 Å². The van der Waals surface area contributed by atoms with E-state index < -0.39 is 11.9 Å². The standard InChI is InChI=1S/C8H14N2O3/c1-2-6(8(12)9-13)10-5-3-4-7(10)11/h6,13H,2-5H2,1H3,(H,9,12)/t6-/m0/s1. The van der Waals surface area contributed by atoms with Gasteiger partial charge in [-0.05, 0) is 12.8 Å². The Kier molecular flexibility index (Phi) is 3.25. The van der Waals surface area contributed by atoms with Crippen LogP contribution < -0.4 is 5.48 Å². The van der Waals surface area contributed by atoms with Gasteiger partial charge in [0.15, 0.2) is 0 Å². The van der Waals surface area contributed by atoms with Crippen LogP contribution in [-0.4, -0.2) is 34.5 Å². The number of rotatable bonds is 3. The maximum atomic E-state index is 11.3. The van der Waals surface area contributed by atoms with E-state index in [-0.39, 0.29) is 5.91 Å². The molecular formula is C8H14N2O3. The second-order valence-electron chi connectivity index (χ2n) is 3.09. The van der Waals surface area contributed by atoms with Crippen LogP contribution in [0, 0.1) is 0 Å². The van der Waals surface area contributed by atoms with Crippen molar-refractivity contribution in [1.29, 1.82) is 0 Å². The summed E-state index contributed by atoms with van der Waals surface area (Å²) in [6.45, 7) is 2.43. The first kappa shape index (κ1) is 9.98. The van der Waals surface area contributed by atoms with E-state index in [1.54, 1.807) is 5.48 Å². The van der Waals surface area contributed by atoms with E-state index in [4.69, 9.17) is 5.21 Å². The van der Waals surface area contributed by atoms with E-state index in [1.165, 1.54) is 4.90 Å². The predicted molar refractivity (Wildman–Crippen MR) is 45.0 cm³/mol. The molecule has 0 aromatic heterocycles. The van der Waals surface area contributed by atoms with Gasteiger partial charge in [0.25, 0.3) is 5.91 Å². The first-order valence-electron chi connectivity index (χ1n) is 4.44. The summed E-state index contributed by atoms with van der Waals surface area (Å²) in [6.07, 6.45) is 1.83. The average molecular weight is 186 g/mol. The molecule has 2 N–H and O–H groups in total. The summed E-state index contributed by atoms with van der Waals surface area (Å²) in [5.41, 5.74) is 1.58. The minimum absolute atomic E-state index is 0.00421. The van der Waals surface area contributed by atoms with Crippen molar-refractivity contribution in [3.8, 4) is 0 Å². The molecule has 74 valence electrons. The Morgan fingerprint density at radius 2 is 2.46 bits per heavy atom. The highest BCUT2D eigenvalue weighted by atomic mass is 16.5. The Morgan fingerprint density at radius 3 is 2.85 bits per heavy atom. The molecule has 1 fully saturated rings. The second-order valence-corrected chi connectivity index (χ2v) is 3.09. The SMILES string of the molecule is CC[C@@H](C(=O)NO)N1CCCC1=O. The van der Waals surface area contributed by atoms with Crippen LogP contribution in [0.5, 0.6) is 0 Å². The fraction of sp³-hybridized carbons (Fsp3) is 0.750. The van der Waals surface area contributed by atoms with Gasteiger partial charge < -0.3 is 4.90 Å². The molecule has 0 aliphatic carbocycles. The van der Waals surface area contributed by atoms with E-state index in [1.807, 2.05) is 6.92 Å². The van der Waals surface area contributed by atoms with Crippen LogP contribution in [-0.2, 0) is 9.59 Å². The lowest BCUT2D eigenvalue weighted by atomic mass is 10.2. The fourth-order valence-corrected chi connectivity index (χ4v) is 1.62. The topological polar surface area (TPSA) is 69.6 Å². The number of nitrogens with zero attached hydrogens (tertiary/aromatic N) is 1. The maximum absolute atomic E-state index is 11.3. The van der Waals surface area contributed by atoms with Crippen LogP contribution in [0.4, 0.5) is 0 Å². The summed E-state index contributed by atoms with van der Waals surface area (Å²) < 4.78 is 0. The molecule has 0 aromatic carbocycles. The molecule has 13 heavy (non-hydrogen) atoms. The number of carbonyl (C=O) groups excluding carboxylic acids is 2. The van der Waals surface area contributed by atoms with Gasteiger partial charge in [-0.25, -0.2) is 5.48 Å². The Morgan fingerprint density at radius 1 is 1.77 bits per heavy atom. The van der Waals surface area contributed by atoms with Gasteiger partial charge in [0.2, 0.25) is 5.91 Å². The van der Waals surface area contributed by atoms with Gasteiger partial charge in [-0.1, -0.05) is 6.92 Å². The highest BCUT2D eigenvalue weighted by molar-refractivity contribution is 5.87. The summed E-state index contributed by atoms with van der Waals surface area (Å²) in [5.74, 6) is -0.506. The molecule has 5 nitrogen and oxygen atoms in total. The highest BCUT2D eigenvalue weighted by Gasteiger charge is 2.31. The first-order valence-corrected chi connectivity index (χ1v) is 4.44. The number of hydrogen-bond acceptors (Lipinski definition) is 3. The van der Waals surface area contributed by atoms with E-state index in [2.05, 4.69) is 0 Å². The monoisotopic (exact) mass is 186 g/mol. The minimum Gasteiger partial charge on any atom is -0.331 e. The van der Waals surface area contributed by atoms with Crippen LogP contribution >= 0.6 is 0 Å². The van der Waals surface area contributed by atoms with Crippen LogP contribution in [0.15, 0.2) is 0 Å². The molecule has 5 heteroatoms. The molecule has 0 radical (unpaired) electrons. The number of carbonyl (C=O) groups is 2. The van der Waals surface area contributed by atoms with Gasteiger partial charge in [0, 0.05) is 13.0 Å². The van der Waals surface area contributed by atoms with Gasteiger partial charge >= 0.3 is 0 Å². The van der Waals surface area contributed by atoms with E-state index in [0.717, 1.165) is 6.42 Å². The third-order valence-corrected chi connectivity index (χ3v) is 2.29. The number of hydroxylamine groups is 1. The molecule has 2 amide bonds. The number of amides is 2. The maximum Gasteiger partial charge on any atom is 0.266 e. The average Bonchev–Trinajstić information content (AvgIpc) is 2.53. The number of nitrogens with one attached hydrogen (secondary N) is 1. The van der Waals surface area contributed by atoms with Gasteiger partial charge in [0.05, 0.1) is 0 Å². The molecule has 0 aromatic rings. The van der Waals surface area contributed by atoms with Crippen molar-refractivity contribution in [1.82, 2.24) is 10.4 Å². The summed E-state index contributed by atoms with van der Waals surface area (Å²) in [4.78, 5) is 23.9. The molecular weight excluding hydrogens is 172 g/mol. The van der Waals surface area contributed by atoms with E-state index in [0.29, 0.717) is 19.4 Å². The zero-order valence-corrected chi connectivity index (χ0v) is 7.62. The summed E-state index contributed by atoms with van der Waals surface area (Å²) in [6, 6.07) is -0.514. The van der Waals surface area contributed by atoms with Crippen LogP contribution in [0.3, 0.4) is 0 Å². The third kappa shape index (κ3) is 1.98. The number of likely N-dealkylation sites (tertiary alicyclic amines) is 1. The lowest BCUT2D eigenvalue weighted by Crippen LogP contribution is -2.46. The Balaban J connectivity index is 2.65. The van der Waals surface area contributed by atoms with Crippen molar-refractivity contribution >= 4 is 11.8 Å². The normalized spacial score (nSPS) is 18.9. The quantitative estimate of drug-likeness (QED) is 0.477. The van der Waals surface area contributed by atoms with Crippen molar-refractivity contribution in [2.75, 3.05) is 6.54 Å². The van der Waals surface area contributed by atoms with Crippen LogP contribution in [0.1, 0.15) is 26.2 Å². The molecule has 0 saturated carbocycles. The largest absolute Gasteiger partial charge is 0.331 e. The van der Waals surface area contributed by atoms with Gasteiger partial charge in [-0.2, -0.15) is 0 Å². The van der Waals surface area contributed by atoms with Crippen molar-refractivity contribution < 1.29 is 14.8 Å². The molecule has 0 unspecified atom stereocenters. The van der Waals surface area contributed by atoms with Gasteiger partial charge in [-0.15, -0.1) is 0 Å². The van der Waals surface area contributed by atoms with Gasteiger partial charge in [-0.3, -0.25) is 14.8 Å². The molecule has 1 rings (SSSR count). The first-order chi connectivity index (χ1) is 6.20. The molecule has 1 atom stereocenters. The van der Waals surface area contributed by atoms with Gasteiger partial charge in [0.1, 0.15) is 6.04 Å². The Hall–Kier alpha value is -1.10. The van der Waals surface area contributed by atoms with Crippen molar-refractivity contribution in [3.05, 3.63) is 0 Å². The molecule has 1 saturated heterocycles. The molecule has 0 bridgehead atoms. The summed E-state index contributed by atoms with van der Waals surface area (Å²) >= 11 is 0. The van der Waals surface area contributed by atoms with Crippen molar-refractivity contribution in [2.45, 2.75) is 32.2 Å². The zero-order valence-electron chi connectivity index (χ0n) is 7.62. The van der Waals surface area contributed by atoms with Crippen LogP contribution in [0.2, 0.25) is 0 Å². The van der Waals surface area contributed by atoms with Crippen molar-refractivity contribution in [3.63, 3.8) is 0 Å². The number of hydrogen-bond donors (Lipinski definition) is 2. The molecule has 1 aliphatic heterocycles. The molecule has 1 heterocycles. The lowest BCUT2D eigenvalue weighted by molar-refractivity contribution is -0.142. The lowest BCUT2D eigenvalue weighted by Gasteiger charge is -2.24. The Labute approximate surface area is 76.7 Å². The van der Waals surface area contributed by atoms with Crippen LogP contribution in [0.25, 0.3) is 0 Å². The summed E-state index contributed by atoms with van der Waals surface area (Å²) in [5, 5.41) is 8.45. The molecule has 0 spiro atoms. The van der Waals surface area contributed by atoms with E-state index in [9.17, 15) is 9.59 Å². The highest BCUT2D eigenvalue weighted by Crippen LogP contribution is 2.15. The fourth-order valence-electron chi connectivity index (χ4n) is 1.62. The summed E-state index contributed by atoms with van der Waals surface area (Å²) in [7, 11) is 0. The minimum atomic E-state index is -0.514. The predicted octanol–water partition coefficient (Wildman–Crippen LogP) is -0.107. The molecule has 1 aliphatic rings. The smallest absolute Gasteiger partial charge is 0.266 e. The second kappa shape index (κ2) is 4.23.